The van der Waals surface area contributed by atoms with Crippen molar-refractivity contribution in [1.82, 2.24) is 5.32 Å². The Morgan fingerprint density at radius 1 is 1.33 bits per heavy atom. The van der Waals surface area contributed by atoms with Crippen LogP contribution < -0.4 is 5.32 Å². The molecule has 2 rings (SSSR count). The Hall–Kier alpha value is -0.540. The number of phenolic OH excluding ortho intramolecular Hbond substituents is 1. The minimum Gasteiger partial charge on any atom is -0.508 e. The van der Waals surface area contributed by atoms with Crippen molar-refractivity contribution in [2.24, 2.45) is 5.92 Å². The van der Waals surface area contributed by atoms with Crippen molar-refractivity contribution in [2.45, 2.75) is 19.3 Å². The number of rotatable bonds is 2. The van der Waals surface area contributed by atoms with E-state index in [2.05, 4.69) is 21.2 Å². The lowest BCUT2D eigenvalue weighted by Gasteiger charge is -2.23. The first kappa shape index (κ1) is 11.0. The average Bonchev–Trinajstić information content (AvgIpc) is 2.25. The molecule has 1 heterocycles. The van der Waals surface area contributed by atoms with E-state index in [0.29, 0.717) is 5.75 Å². The highest BCUT2D eigenvalue weighted by atomic mass is 79.9. The molecule has 0 saturated carbocycles. The molecule has 3 heteroatoms. The number of halogens is 1. The summed E-state index contributed by atoms with van der Waals surface area (Å²) in [7, 11) is 0. The van der Waals surface area contributed by atoms with Gasteiger partial charge in [0.25, 0.3) is 0 Å². The number of phenols is 1. The summed E-state index contributed by atoms with van der Waals surface area (Å²) in [6.07, 6.45) is 3.54. The van der Waals surface area contributed by atoms with Gasteiger partial charge in [-0.15, -0.1) is 0 Å². The summed E-state index contributed by atoms with van der Waals surface area (Å²) in [5, 5.41) is 12.8. The molecule has 0 radical (unpaired) electrons. The largest absolute Gasteiger partial charge is 0.508 e. The van der Waals surface area contributed by atoms with Gasteiger partial charge in [-0.25, -0.2) is 0 Å². The SMILES string of the molecule is Oc1ccc(Br)c(CC2CCNCC2)c1. The van der Waals surface area contributed by atoms with Crippen LogP contribution in [0.2, 0.25) is 0 Å². The smallest absolute Gasteiger partial charge is 0.115 e. The lowest BCUT2D eigenvalue weighted by molar-refractivity contribution is 0.371. The fourth-order valence-corrected chi connectivity index (χ4v) is 2.52. The second kappa shape index (κ2) is 4.99. The molecule has 0 spiro atoms. The first-order chi connectivity index (χ1) is 7.25. The molecule has 1 fully saturated rings. The van der Waals surface area contributed by atoms with Crippen molar-refractivity contribution < 1.29 is 5.11 Å². The molecule has 2 nitrogen and oxygen atoms in total. The van der Waals surface area contributed by atoms with Crippen molar-refractivity contribution in [3.63, 3.8) is 0 Å². The monoisotopic (exact) mass is 269 g/mol. The van der Waals surface area contributed by atoms with Gasteiger partial charge < -0.3 is 10.4 Å². The molecule has 82 valence electrons. The summed E-state index contributed by atoms with van der Waals surface area (Å²) in [5.74, 6) is 1.12. The van der Waals surface area contributed by atoms with Crippen LogP contribution in [0, 0.1) is 5.92 Å². The molecule has 1 saturated heterocycles. The molecule has 0 aromatic heterocycles. The molecule has 0 amide bonds. The summed E-state index contributed by atoms with van der Waals surface area (Å²) in [6, 6.07) is 5.51. The normalized spacial score (nSPS) is 17.9. The maximum Gasteiger partial charge on any atom is 0.115 e. The lowest BCUT2D eigenvalue weighted by atomic mass is 9.91. The molecule has 15 heavy (non-hydrogen) atoms. The maximum atomic E-state index is 9.43. The van der Waals surface area contributed by atoms with Crippen LogP contribution in [0.25, 0.3) is 0 Å². The highest BCUT2D eigenvalue weighted by Crippen LogP contribution is 2.26. The van der Waals surface area contributed by atoms with E-state index in [1.165, 1.54) is 18.4 Å². The van der Waals surface area contributed by atoms with Crippen molar-refractivity contribution in [2.75, 3.05) is 13.1 Å². The van der Waals surface area contributed by atoms with Crippen LogP contribution in [0.1, 0.15) is 18.4 Å². The summed E-state index contributed by atoms with van der Waals surface area (Å²) < 4.78 is 1.11. The van der Waals surface area contributed by atoms with E-state index in [1.54, 1.807) is 6.07 Å². The number of piperidine rings is 1. The summed E-state index contributed by atoms with van der Waals surface area (Å²) in [4.78, 5) is 0. The summed E-state index contributed by atoms with van der Waals surface area (Å²) >= 11 is 3.53. The number of hydrogen-bond donors (Lipinski definition) is 2. The van der Waals surface area contributed by atoms with Gasteiger partial charge in [0.15, 0.2) is 0 Å². The minimum atomic E-state index is 0.363. The van der Waals surface area contributed by atoms with Gasteiger partial charge in [0, 0.05) is 4.47 Å². The van der Waals surface area contributed by atoms with Crippen molar-refractivity contribution in [3.05, 3.63) is 28.2 Å². The zero-order valence-electron chi connectivity index (χ0n) is 8.67. The van der Waals surface area contributed by atoms with Gasteiger partial charge in [-0.1, -0.05) is 15.9 Å². The van der Waals surface area contributed by atoms with Gasteiger partial charge in [-0.3, -0.25) is 0 Å². The van der Waals surface area contributed by atoms with E-state index in [-0.39, 0.29) is 0 Å². The quantitative estimate of drug-likeness (QED) is 0.866. The Kier molecular flexibility index (Phi) is 3.65. The number of benzene rings is 1. The van der Waals surface area contributed by atoms with Gasteiger partial charge in [0.2, 0.25) is 0 Å². The molecule has 1 aromatic carbocycles. The maximum absolute atomic E-state index is 9.43. The highest BCUT2D eigenvalue weighted by Gasteiger charge is 2.14. The predicted molar refractivity (Wildman–Crippen MR) is 65.1 cm³/mol. The molecular formula is C12H16BrNO. The van der Waals surface area contributed by atoms with Crippen molar-refractivity contribution >= 4 is 15.9 Å². The molecule has 0 aliphatic carbocycles. The first-order valence-electron chi connectivity index (χ1n) is 5.44. The third-order valence-electron chi connectivity index (χ3n) is 3.00. The Labute approximate surface area is 98.8 Å². The fourth-order valence-electron chi connectivity index (χ4n) is 2.11. The van der Waals surface area contributed by atoms with Crippen LogP contribution in [-0.2, 0) is 6.42 Å². The molecule has 0 bridgehead atoms. The van der Waals surface area contributed by atoms with E-state index < -0.39 is 0 Å². The Balaban J connectivity index is 2.05. The number of nitrogens with one attached hydrogen (secondary N) is 1. The second-order valence-electron chi connectivity index (χ2n) is 4.17. The van der Waals surface area contributed by atoms with E-state index in [9.17, 15) is 5.11 Å². The Bertz CT molecular complexity index is 334. The Morgan fingerprint density at radius 3 is 2.80 bits per heavy atom. The molecule has 1 aliphatic heterocycles. The van der Waals surface area contributed by atoms with Crippen LogP contribution in [0.3, 0.4) is 0 Å². The summed E-state index contributed by atoms with van der Waals surface area (Å²) in [6.45, 7) is 2.25. The number of hydrogen-bond acceptors (Lipinski definition) is 2. The van der Waals surface area contributed by atoms with Gasteiger partial charge in [0.05, 0.1) is 0 Å². The number of aromatic hydroxyl groups is 1. The molecule has 0 unspecified atom stereocenters. The molecular weight excluding hydrogens is 254 g/mol. The minimum absolute atomic E-state index is 0.363. The van der Waals surface area contributed by atoms with Crippen LogP contribution >= 0.6 is 15.9 Å². The van der Waals surface area contributed by atoms with Crippen molar-refractivity contribution in [1.29, 1.82) is 0 Å². The van der Waals surface area contributed by atoms with Gasteiger partial charge in [0.1, 0.15) is 5.75 Å². The summed E-state index contributed by atoms with van der Waals surface area (Å²) in [5.41, 5.74) is 1.22. The standard InChI is InChI=1S/C12H16BrNO/c13-12-2-1-11(15)8-10(12)7-9-3-5-14-6-4-9/h1-2,8-9,14-15H,3-7H2. The zero-order valence-corrected chi connectivity index (χ0v) is 10.3. The van der Waals surface area contributed by atoms with E-state index in [4.69, 9.17) is 0 Å². The molecule has 0 atom stereocenters. The highest BCUT2D eigenvalue weighted by molar-refractivity contribution is 9.10. The lowest BCUT2D eigenvalue weighted by Crippen LogP contribution is -2.28. The van der Waals surface area contributed by atoms with Crippen LogP contribution in [0.4, 0.5) is 0 Å². The first-order valence-corrected chi connectivity index (χ1v) is 6.23. The van der Waals surface area contributed by atoms with Crippen LogP contribution in [0.5, 0.6) is 5.75 Å². The molecule has 2 N–H and O–H groups in total. The molecule has 1 aromatic rings. The second-order valence-corrected chi connectivity index (χ2v) is 5.03. The average molecular weight is 270 g/mol. The van der Waals surface area contributed by atoms with E-state index in [1.807, 2.05) is 12.1 Å². The third kappa shape index (κ3) is 2.95. The van der Waals surface area contributed by atoms with E-state index in [0.717, 1.165) is 29.9 Å². The van der Waals surface area contributed by atoms with Crippen LogP contribution in [0.15, 0.2) is 22.7 Å². The van der Waals surface area contributed by atoms with Gasteiger partial charge in [-0.2, -0.15) is 0 Å². The van der Waals surface area contributed by atoms with Gasteiger partial charge in [-0.05, 0) is 62.0 Å². The topological polar surface area (TPSA) is 32.3 Å². The van der Waals surface area contributed by atoms with E-state index >= 15 is 0 Å². The van der Waals surface area contributed by atoms with Crippen molar-refractivity contribution in [3.8, 4) is 5.75 Å². The Morgan fingerprint density at radius 2 is 2.07 bits per heavy atom. The van der Waals surface area contributed by atoms with Gasteiger partial charge >= 0.3 is 0 Å². The van der Waals surface area contributed by atoms with Crippen LogP contribution in [-0.4, -0.2) is 18.2 Å². The molecule has 1 aliphatic rings. The fraction of sp³-hybridized carbons (Fsp3) is 0.500. The predicted octanol–water partition coefficient (Wildman–Crippen LogP) is 2.70. The zero-order chi connectivity index (χ0) is 10.7. The third-order valence-corrected chi connectivity index (χ3v) is 3.77.